The topological polar surface area (TPSA) is 20.2 Å². The first-order valence-corrected chi connectivity index (χ1v) is 8.89. The van der Waals surface area contributed by atoms with Crippen molar-refractivity contribution in [3.63, 3.8) is 0 Å². The van der Waals surface area contributed by atoms with E-state index in [4.69, 9.17) is 0 Å². The normalized spacial score (nSPS) is 57.9. The van der Waals surface area contributed by atoms with Crippen molar-refractivity contribution in [2.24, 2.45) is 34.5 Å². The SMILES string of the molecule is C[C@]12CC[C@H](O)C[C@@H]1CC[C@H]1[C@H]2CC[C@]2(C)C=CC[C@H]12. The number of rotatable bonds is 0. The van der Waals surface area contributed by atoms with Gasteiger partial charge in [-0.1, -0.05) is 26.0 Å². The Bertz CT molecular complexity index is 427. The lowest BCUT2D eigenvalue weighted by atomic mass is 9.45. The fourth-order valence-corrected chi connectivity index (χ4v) is 6.72. The van der Waals surface area contributed by atoms with E-state index in [1.54, 1.807) is 0 Å². The summed E-state index contributed by atoms with van der Waals surface area (Å²) < 4.78 is 0. The average molecular weight is 274 g/mol. The predicted molar refractivity (Wildman–Crippen MR) is 82.3 cm³/mol. The Morgan fingerprint density at radius 3 is 2.70 bits per heavy atom. The third kappa shape index (κ3) is 1.71. The highest BCUT2D eigenvalue weighted by Crippen LogP contribution is 2.64. The van der Waals surface area contributed by atoms with Crippen molar-refractivity contribution in [2.45, 2.75) is 71.3 Å². The van der Waals surface area contributed by atoms with Gasteiger partial charge in [0, 0.05) is 0 Å². The molecule has 0 saturated heterocycles. The van der Waals surface area contributed by atoms with Crippen LogP contribution in [0.4, 0.5) is 0 Å². The molecule has 4 aliphatic carbocycles. The predicted octanol–water partition coefficient (Wildman–Crippen LogP) is 4.56. The number of fused-ring (bicyclic) bond motifs is 5. The third-order valence-corrected chi connectivity index (χ3v) is 7.96. The summed E-state index contributed by atoms with van der Waals surface area (Å²) in [5, 5.41) is 10.0. The van der Waals surface area contributed by atoms with E-state index < -0.39 is 0 Å². The zero-order chi connectivity index (χ0) is 14.0. The molecule has 7 atom stereocenters. The van der Waals surface area contributed by atoms with Gasteiger partial charge in [-0.25, -0.2) is 0 Å². The summed E-state index contributed by atoms with van der Waals surface area (Å²) in [6.07, 6.45) is 15.4. The lowest BCUT2D eigenvalue weighted by molar-refractivity contribution is -0.116. The van der Waals surface area contributed by atoms with Crippen LogP contribution < -0.4 is 0 Å². The minimum atomic E-state index is -0.00775. The lowest BCUT2D eigenvalue weighted by Crippen LogP contribution is -2.53. The second-order valence-electron chi connectivity index (χ2n) is 8.77. The third-order valence-electron chi connectivity index (χ3n) is 7.96. The van der Waals surface area contributed by atoms with Crippen LogP contribution in [0.25, 0.3) is 0 Å². The maximum atomic E-state index is 10.0. The van der Waals surface area contributed by atoms with E-state index in [-0.39, 0.29) is 6.10 Å². The van der Waals surface area contributed by atoms with Gasteiger partial charge in [-0.15, -0.1) is 0 Å². The molecule has 0 aliphatic heterocycles. The van der Waals surface area contributed by atoms with Crippen LogP contribution >= 0.6 is 0 Å². The van der Waals surface area contributed by atoms with Crippen LogP contribution in [-0.4, -0.2) is 11.2 Å². The van der Waals surface area contributed by atoms with Gasteiger partial charge in [0.25, 0.3) is 0 Å². The van der Waals surface area contributed by atoms with Gasteiger partial charge >= 0.3 is 0 Å². The molecule has 0 aromatic rings. The number of aliphatic hydroxyl groups excluding tert-OH is 1. The molecule has 0 heterocycles. The second-order valence-corrected chi connectivity index (χ2v) is 8.77. The maximum Gasteiger partial charge on any atom is 0.0543 e. The van der Waals surface area contributed by atoms with Crippen molar-refractivity contribution in [3.05, 3.63) is 12.2 Å². The number of allylic oxidation sites excluding steroid dienone is 2. The van der Waals surface area contributed by atoms with Gasteiger partial charge in [0.05, 0.1) is 6.10 Å². The zero-order valence-electron chi connectivity index (χ0n) is 13.1. The summed E-state index contributed by atoms with van der Waals surface area (Å²) in [4.78, 5) is 0. The molecule has 0 spiro atoms. The first kappa shape index (κ1) is 13.4. The van der Waals surface area contributed by atoms with E-state index in [9.17, 15) is 5.11 Å². The van der Waals surface area contributed by atoms with E-state index in [2.05, 4.69) is 26.0 Å². The van der Waals surface area contributed by atoms with Gasteiger partial charge in [-0.05, 0) is 85.9 Å². The molecule has 1 N–H and O–H groups in total. The molecule has 0 aromatic carbocycles. The molecule has 112 valence electrons. The first-order valence-electron chi connectivity index (χ1n) is 8.89. The average Bonchev–Trinajstić information content (AvgIpc) is 2.81. The molecule has 0 bridgehead atoms. The number of aliphatic hydroxyl groups is 1. The van der Waals surface area contributed by atoms with E-state index in [1.807, 2.05) is 0 Å². The van der Waals surface area contributed by atoms with Gasteiger partial charge in [0.15, 0.2) is 0 Å². The van der Waals surface area contributed by atoms with Crippen LogP contribution in [0, 0.1) is 34.5 Å². The summed E-state index contributed by atoms with van der Waals surface area (Å²) in [5.41, 5.74) is 1.05. The molecule has 4 aliphatic rings. The van der Waals surface area contributed by atoms with Crippen LogP contribution in [0.1, 0.15) is 65.2 Å². The summed E-state index contributed by atoms with van der Waals surface area (Å²) >= 11 is 0. The monoisotopic (exact) mass is 274 g/mol. The molecule has 0 aromatic heterocycles. The highest BCUT2D eigenvalue weighted by molar-refractivity contribution is 5.16. The van der Waals surface area contributed by atoms with Crippen molar-refractivity contribution in [2.75, 3.05) is 0 Å². The van der Waals surface area contributed by atoms with Crippen molar-refractivity contribution < 1.29 is 5.11 Å². The molecular weight excluding hydrogens is 244 g/mol. The Morgan fingerprint density at radius 1 is 1.00 bits per heavy atom. The van der Waals surface area contributed by atoms with Gasteiger partial charge in [0.2, 0.25) is 0 Å². The van der Waals surface area contributed by atoms with E-state index in [0.29, 0.717) is 10.8 Å². The molecule has 3 saturated carbocycles. The van der Waals surface area contributed by atoms with E-state index >= 15 is 0 Å². The van der Waals surface area contributed by atoms with Gasteiger partial charge in [-0.2, -0.15) is 0 Å². The quantitative estimate of drug-likeness (QED) is 0.642. The van der Waals surface area contributed by atoms with Gasteiger partial charge in [0.1, 0.15) is 0 Å². The summed E-state index contributed by atoms with van der Waals surface area (Å²) in [6.45, 7) is 5.09. The second kappa shape index (κ2) is 4.35. The highest BCUT2D eigenvalue weighted by Gasteiger charge is 2.56. The summed E-state index contributed by atoms with van der Waals surface area (Å²) in [5.74, 6) is 3.61. The molecule has 0 unspecified atom stereocenters. The molecule has 0 radical (unpaired) electrons. The Hall–Kier alpha value is -0.300. The molecule has 20 heavy (non-hydrogen) atoms. The lowest BCUT2D eigenvalue weighted by Gasteiger charge is -2.60. The van der Waals surface area contributed by atoms with Gasteiger partial charge < -0.3 is 5.11 Å². The van der Waals surface area contributed by atoms with Crippen LogP contribution in [0.5, 0.6) is 0 Å². The number of hydrogen-bond donors (Lipinski definition) is 1. The van der Waals surface area contributed by atoms with E-state index in [0.717, 1.165) is 36.5 Å². The fraction of sp³-hybridized carbons (Fsp3) is 0.895. The van der Waals surface area contributed by atoms with Crippen LogP contribution in [-0.2, 0) is 0 Å². The van der Waals surface area contributed by atoms with E-state index in [1.165, 1.54) is 38.5 Å². The molecular formula is C19H30O. The Labute approximate surface area is 123 Å². The van der Waals surface area contributed by atoms with Crippen molar-refractivity contribution in [3.8, 4) is 0 Å². The first-order chi connectivity index (χ1) is 9.53. The van der Waals surface area contributed by atoms with Gasteiger partial charge in [-0.3, -0.25) is 0 Å². The fourth-order valence-electron chi connectivity index (χ4n) is 6.72. The molecule has 1 nitrogen and oxygen atoms in total. The largest absolute Gasteiger partial charge is 0.393 e. The molecule has 4 rings (SSSR count). The minimum absolute atomic E-state index is 0.00775. The smallest absolute Gasteiger partial charge is 0.0543 e. The highest BCUT2D eigenvalue weighted by atomic mass is 16.3. The Kier molecular flexibility index (Phi) is 2.91. The number of hydrogen-bond acceptors (Lipinski definition) is 1. The minimum Gasteiger partial charge on any atom is -0.393 e. The zero-order valence-corrected chi connectivity index (χ0v) is 13.1. The summed E-state index contributed by atoms with van der Waals surface area (Å²) in [6, 6.07) is 0. The van der Waals surface area contributed by atoms with Crippen molar-refractivity contribution in [1.29, 1.82) is 0 Å². The Morgan fingerprint density at radius 2 is 1.85 bits per heavy atom. The maximum absolute atomic E-state index is 10.0. The summed E-state index contributed by atoms with van der Waals surface area (Å²) in [7, 11) is 0. The van der Waals surface area contributed by atoms with Crippen molar-refractivity contribution in [1.82, 2.24) is 0 Å². The molecule has 0 amide bonds. The van der Waals surface area contributed by atoms with Crippen molar-refractivity contribution >= 4 is 0 Å². The van der Waals surface area contributed by atoms with Crippen LogP contribution in [0.15, 0.2) is 12.2 Å². The standard InChI is InChI=1S/C19H30O/c1-18-9-3-4-16(18)15-6-5-13-12-14(20)7-11-19(13,2)17(15)8-10-18/h3,9,13-17,20H,4-8,10-12H2,1-2H3/t13-,14-,15+,16+,17+,18-,19-/m0/s1. The molecule has 3 fully saturated rings. The molecule has 1 heteroatoms. The Balaban J connectivity index is 1.63. The van der Waals surface area contributed by atoms with Crippen LogP contribution in [0.2, 0.25) is 0 Å². The van der Waals surface area contributed by atoms with Crippen LogP contribution in [0.3, 0.4) is 0 Å².